The van der Waals surface area contributed by atoms with Crippen LogP contribution in [-0.4, -0.2) is 19.0 Å². The van der Waals surface area contributed by atoms with Gasteiger partial charge in [0.15, 0.2) is 0 Å². The van der Waals surface area contributed by atoms with E-state index in [1.807, 2.05) is 0 Å². The maximum Gasteiger partial charge on any atom is 0.239 e. The fraction of sp³-hybridized carbons (Fsp3) is 0.316. The molecule has 0 aromatic heterocycles. The molecule has 0 saturated heterocycles. The van der Waals surface area contributed by atoms with Crippen LogP contribution in [0.2, 0.25) is 0 Å². The monoisotopic (exact) mass is 314 g/mol. The topological polar surface area (TPSA) is 41.1 Å². The summed E-state index contributed by atoms with van der Waals surface area (Å²) >= 11 is 0. The molecule has 122 valence electrons. The molecule has 0 radical (unpaired) electrons. The van der Waals surface area contributed by atoms with E-state index in [4.69, 9.17) is 0 Å². The van der Waals surface area contributed by atoms with Gasteiger partial charge in [-0.1, -0.05) is 50.2 Å². The van der Waals surface area contributed by atoms with Crippen LogP contribution >= 0.6 is 0 Å². The summed E-state index contributed by atoms with van der Waals surface area (Å²) in [5.41, 5.74) is 2.84. The smallest absolute Gasteiger partial charge is 0.239 e. The third-order valence-corrected chi connectivity index (χ3v) is 3.70. The molecule has 2 rings (SSSR count). The maximum atomic E-state index is 13.4. The van der Waals surface area contributed by atoms with Gasteiger partial charge in [-0.05, 0) is 35.6 Å². The van der Waals surface area contributed by atoms with Gasteiger partial charge in [0.2, 0.25) is 5.91 Å². The van der Waals surface area contributed by atoms with Crippen molar-refractivity contribution in [2.45, 2.75) is 26.2 Å². The van der Waals surface area contributed by atoms with Crippen molar-refractivity contribution >= 4 is 11.6 Å². The second-order valence-electron chi connectivity index (χ2n) is 5.83. The summed E-state index contributed by atoms with van der Waals surface area (Å²) in [6, 6.07) is 14.8. The molecule has 0 aliphatic rings. The van der Waals surface area contributed by atoms with Crippen LogP contribution in [-0.2, 0) is 11.2 Å². The Bertz CT molecular complexity index is 638. The van der Waals surface area contributed by atoms with Gasteiger partial charge in [-0.3, -0.25) is 4.79 Å². The Kier molecular flexibility index (Phi) is 6.15. The van der Waals surface area contributed by atoms with Gasteiger partial charge in [0.05, 0.1) is 12.2 Å². The molecular weight excluding hydrogens is 291 g/mol. The zero-order valence-corrected chi connectivity index (χ0v) is 13.6. The molecule has 23 heavy (non-hydrogen) atoms. The van der Waals surface area contributed by atoms with E-state index in [1.165, 1.54) is 17.2 Å². The van der Waals surface area contributed by atoms with Gasteiger partial charge in [-0.15, -0.1) is 0 Å². The molecule has 0 fully saturated rings. The zero-order valence-electron chi connectivity index (χ0n) is 13.6. The lowest BCUT2D eigenvalue weighted by atomic mass is 10.0. The van der Waals surface area contributed by atoms with Gasteiger partial charge < -0.3 is 10.6 Å². The van der Waals surface area contributed by atoms with E-state index in [0.717, 1.165) is 6.42 Å². The SMILES string of the molecule is CC(C)c1ccc(CCNC(=O)CNc2ccccc2F)cc1. The predicted octanol–water partition coefficient (Wildman–Crippen LogP) is 3.72. The molecule has 2 aromatic rings. The largest absolute Gasteiger partial charge is 0.374 e. The molecule has 2 N–H and O–H groups in total. The molecule has 0 unspecified atom stereocenters. The molecular formula is C19H23FN2O. The van der Waals surface area contributed by atoms with Crippen molar-refractivity contribution in [1.82, 2.24) is 5.32 Å². The Balaban J connectivity index is 1.71. The number of carbonyl (C=O) groups excluding carboxylic acids is 1. The molecule has 1 amide bonds. The lowest BCUT2D eigenvalue weighted by molar-refractivity contribution is -0.119. The first-order valence-electron chi connectivity index (χ1n) is 7.90. The second kappa shape index (κ2) is 8.32. The van der Waals surface area contributed by atoms with E-state index < -0.39 is 0 Å². The summed E-state index contributed by atoms with van der Waals surface area (Å²) in [4.78, 5) is 11.8. The normalized spacial score (nSPS) is 10.6. The Labute approximate surface area is 136 Å². The quantitative estimate of drug-likeness (QED) is 0.818. The van der Waals surface area contributed by atoms with Crippen molar-refractivity contribution in [3.05, 3.63) is 65.5 Å². The van der Waals surface area contributed by atoms with E-state index in [2.05, 4.69) is 48.7 Å². The molecule has 0 atom stereocenters. The lowest BCUT2D eigenvalue weighted by Crippen LogP contribution is -2.31. The Morgan fingerprint density at radius 1 is 1.09 bits per heavy atom. The Hall–Kier alpha value is -2.36. The van der Waals surface area contributed by atoms with E-state index in [-0.39, 0.29) is 18.3 Å². The van der Waals surface area contributed by atoms with Crippen molar-refractivity contribution in [3.8, 4) is 0 Å². The molecule has 0 spiro atoms. The summed E-state index contributed by atoms with van der Waals surface area (Å²) in [6.07, 6.45) is 0.782. The third kappa shape index (κ3) is 5.40. The summed E-state index contributed by atoms with van der Waals surface area (Å²) in [7, 11) is 0. The summed E-state index contributed by atoms with van der Waals surface area (Å²) in [5, 5.41) is 5.63. The number of benzene rings is 2. The molecule has 0 heterocycles. The zero-order chi connectivity index (χ0) is 16.7. The highest BCUT2D eigenvalue weighted by Crippen LogP contribution is 2.14. The van der Waals surface area contributed by atoms with Gasteiger partial charge >= 0.3 is 0 Å². The minimum absolute atomic E-state index is 0.0627. The molecule has 0 saturated carbocycles. The van der Waals surface area contributed by atoms with Crippen molar-refractivity contribution < 1.29 is 9.18 Å². The molecule has 4 heteroatoms. The highest BCUT2D eigenvalue weighted by atomic mass is 19.1. The highest BCUT2D eigenvalue weighted by molar-refractivity contribution is 5.80. The van der Waals surface area contributed by atoms with Crippen LogP contribution in [0.25, 0.3) is 0 Å². The number of hydrogen-bond acceptors (Lipinski definition) is 2. The van der Waals surface area contributed by atoms with Gasteiger partial charge in [0, 0.05) is 6.54 Å². The fourth-order valence-corrected chi connectivity index (χ4v) is 2.26. The minimum atomic E-state index is -0.356. The maximum absolute atomic E-state index is 13.4. The summed E-state index contributed by atoms with van der Waals surface area (Å²) in [6.45, 7) is 4.96. The number of hydrogen-bond donors (Lipinski definition) is 2. The lowest BCUT2D eigenvalue weighted by Gasteiger charge is -2.09. The first-order chi connectivity index (χ1) is 11.1. The predicted molar refractivity (Wildman–Crippen MR) is 92.1 cm³/mol. The fourth-order valence-electron chi connectivity index (χ4n) is 2.26. The molecule has 0 aliphatic carbocycles. The van der Waals surface area contributed by atoms with Crippen molar-refractivity contribution in [3.63, 3.8) is 0 Å². The summed E-state index contributed by atoms with van der Waals surface area (Å²) in [5.74, 6) is 0.0193. The Morgan fingerprint density at radius 2 is 1.78 bits per heavy atom. The van der Waals surface area contributed by atoms with Crippen LogP contribution in [0.15, 0.2) is 48.5 Å². The van der Waals surface area contributed by atoms with E-state index in [9.17, 15) is 9.18 Å². The van der Waals surface area contributed by atoms with Crippen LogP contribution in [0.4, 0.5) is 10.1 Å². The Morgan fingerprint density at radius 3 is 2.43 bits per heavy atom. The first kappa shape index (κ1) is 17.0. The van der Waals surface area contributed by atoms with Crippen LogP contribution in [0.5, 0.6) is 0 Å². The highest BCUT2D eigenvalue weighted by Gasteiger charge is 2.04. The summed E-state index contributed by atoms with van der Waals surface area (Å²) < 4.78 is 13.4. The van der Waals surface area contributed by atoms with Gasteiger partial charge in [0.1, 0.15) is 5.82 Å². The van der Waals surface area contributed by atoms with E-state index >= 15 is 0 Å². The number of amides is 1. The average Bonchev–Trinajstić information content (AvgIpc) is 2.54. The van der Waals surface area contributed by atoms with Crippen molar-refractivity contribution in [1.29, 1.82) is 0 Å². The first-order valence-corrected chi connectivity index (χ1v) is 7.90. The number of para-hydroxylation sites is 1. The number of nitrogens with one attached hydrogen (secondary N) is 2. The van der Waals surface area contributed by atoms with Crippen LogP contribution < -0.4 is 10.6 Å². The van der Waals surface area contributed by atoms with Gasteiger partial charge in [-0.2, -0.15) is 0 Å². The van der Waals surface area contributed by atoms with Crippen molar-refractivity contribution in [2.75, 3.05) is 18.4 Å². The molecule has 3 nitrogen and oxygen atoms in total. The number of anilines is 1. The van der Waals surface area contributed by atoms with E-state index in [0.29, 0.717) is 18.2 Å². The molecule has 0 bridgehead atoms. The second-order valence-corrected chi connectivity index (χ2v) is 5.83. The number of rotatable bonds is 7. The standard InChI is InChI=1S/C19H23FN2O/c1-14(2)16-9-7-15(8-10-16)11-12-21-19(23)13-22-18-6-4-3-5-17(18)20/h3-10,14,22H,11-13H2,1-2H3,(H,21,23). The number of carbonyl (C=O) groups is 1. The molecule has 0 aliphatic heterocycles. The average molecular weight is 314 g/mol. The van der Waals surface area contributed by atoms with Gasteiger partial charge in [-0.25, -0.2) is 4.39 Å². The van der Waals surface area contributed by atoms with Crippen LogP contribution in [0.1, 0.15) is 30.9 Å². The molecule has 2 aromatic carbocycles. The van der Waals surface area contributed by atoms with E-state index in [1.54, 1.807) is 18.2 Å². The van der Waals surface area contributed by atoms with Crippen molar-refractivity contribution in [2.24, 2.45) is 0 Å². The van der Waals surface area contributed by atoms with Crippen LogP contribution in [0.3, 0.4) is 0 Å². The number of halogens is 1. The van der Waals surface area contributed by atoms with Crippen LogP contribution in [0, 0.1) is 5.82 Å². The minimum Gasteiger partial charge on any atom is -0.374 e. The van der Waals surface area contributed by atoms with Gasteiger partial charge in [0.25, 0.3) is 0 Å². The third-order valence-electron chi connectivity index (χ3n) is 3.70.